The van der Waals surface area contributed by atoms with E-state index in [2.05, 4.69) is 0 Å². The Morgan fingerprint density at radius 3 is 2.29 bits per heavy atom. The van der Waals surface area contributed by atoms with Gasteiger partial charge in [0.25, 0.3) is 0 Å². The molecule has 1 saturated heterocycles. The van der Waals surface area contributed by atoms with Gasteiger partial charge in [0, 0.05) is 19.5 Å². The second-order valence-electron chi connectivity index (χ2n) is 4.83. The van der Waals surface area contributed by atoms with E-state index in [1.807, 2.05) is 13.8 Å². The first kappa shape index (κ1) is 14.0. The molecule has 1 N–H and O–H groups in total. The molecule has 0 saturated carbocycles. The minimum Gasteiger partial charge on any atom is -0.481 e. The van der Waals surface area contributed by atoms with Crippen LogP contribution >= 0.6 is 0 Å². The molecule has 5 heteroatoms. The summed E-state index contributed by atoms with van der Waals surface area (Å²) >= 11 is 0. The van der Waals surface area contributed by atoms with Crippen LogP contribution in [0.15, 0.2) is 0 Å². The van der Waals surface area contributed by atoms with E-state index in [-0.39, 0.29) is 37.0 Å². The second-order valence-corrected chi connectivity index (χ2v) is 4.83. The van der Waals surface area contributed by atoms with Gasteiger partial charge in [-0.2, -0.15) is 0 Å². The molecule has 0 aromatic heterocycles. The number of carbonyl (C=O) groups excluding carboxylic acids is 1. The minimum atomic E-state index is -0.877. The molecule has 0 radical (unpaired) electrons. The standard InChI is InChI=1S/C12H21NO4/c1-8-6-10(7-9(2)17-8)12(16)13(3)5-4-11(14)15/h8-10H,4-7H2,1-3H3,(H,14,15). The van der Waals surface area contributed by atoms with Crippen LogP contribution in [0, 0.1) is 5.92 Å². The number of nitrogens with zero attached hydrogens (tertiary/aromatic N) is 1. The molecular formula is C12H21NO4. The molecule has 5 nitrogen and oxygen atoms in total. The number of rotatable bonds is 4. The third-order valence-electron chi connectivity index (χ3n) is 3.08. The molecule has 1 aliphatic heterocycles. The topological polar surface area (TPSA) is 66.8 Å². The van der Waals surface area contributed by atoms with Gasteiger partial charge in [-0.1, -0.05) is 0 Å². The lowest BCUT2D eigenvalue weighted by Gasteiger charge is -2.33. The maximum atomic E-state index is 12.1. The smallest absolute Gasteiger partial charge is 0.305 e. The highest BCUT2D eigenvalue weighted by molar-refractivity contribution is 5.79. The molecule has 0 bridgehead atoms. The highest BCUT2D eigenvalue weighted by atomic mass is 16.5. The van der Waals surface area contributed by atoms with E-state index in [1.54, 1.807) is 7.05 Å². The fourth-order valence-electron chi connectivity index (χ4n) is 2.29. The van der Waals surface area contributed by atoms with Gasteiger partial charge >= 0.3 is 5.97 Å². The summed E-state index contributed by atoms with van der Waals surface area (Å²) in [7, 11) is 1.66. The first-order valence-electron chi connectivity index (χ1n) is 6.02. The van der Waals surface area contributed by atoms with E-state index < -0.39 is 5.97 Å². The molecule has 0 aromatic carbocycles. The van der Waals surface area contributed by atoms with Gasteiger partial charge in [-0.25, -0.2) is 0 Å². The van der Waals surface area contributed by atoms with Crippen molar-refractivity contribution < 1.29 is 19.4 Å². The quantitative estimate of drug-likeness (QED) is 0.803. The summed E-state index contributed by atoms with van der Waals surface area (Å²) in [4.78, 5) is 24.0. The largest absolute Gasteiger partial charge is 0.481 e. The van der Waals surface area contributed by atoms with Crippen molar-refractivity contribution in [2.24, 2.45) is 5.92 Å². The zero-order valence-corrected chi connectivity index (χ0v) is 10.7. The minimum absolute atomic E-state index is 0.00341. The molecular weight excluding hydrogens is 222 g/mol. The third kappa shape index (κ3) is 4.34. The van der Waals surface area contributed by atoms with Crippen LogP contribution in [0.3, 0.4) is 0 Å². The molecule has 0 spiro atoms. The van der Waals surface area contributed by atoms with Crippen LogP contribution in [-0.4, -0.2) is 47.7 Å². The van der Waals surface area contributed by atoms with Crippen molar-refractivity contribution in [2.75, 3.05) is 13.6 Å². The summed E-state index contributed by atoms with van der Waals surface area (Å²) in [6, 6.07) is 0. The summed E-state index contributed by atoms with van der Waals surface area (Å²) in [6.07, 6.45) is 1.64. The predicted molar refractivity (Wildman–Crippen MR) is 62.6 cm³/mol. The highest BCUT2D eigenvalue weighted by Gasteiger charge is 2.31. The summed E-state index contributed by atoms with van der Waals surface area (Å²) in [6.45, 7) is 4.20. The number of carboxylic acid groups (broad SMARTS) is 1. The Morgan fingerprint density at radius 1 is 1.29 bits per heavy atom. The Balaban J connectivity index is 2.47. The van der Waals surface area contributed by atoms with Gasteiger partial charge in [0.1, 0.15) is 0 Å². The van der Waals surface area contributed by atoms with Crippen LogP contribution in [0.1, 0.15) is 33.1 Å². The maximum absolute atomic E-state index is 12.1. The van der Waals surface area contributed by atoms with E-state index in [0.717, 1.165) is 12.8 Å². The predicted octanol–water partition coefficient (Wildman–Crippen LogP) is 1.12. The Hall–Kier alpha value is -1.10. The lowest BCUT2D eigenvalue weighted by atomic mass is 9.91. The van der Waals surface area contributed by atoms with Gasteiger partial charge in [0.05, 0.1) is 18.6 Å². The van der Waals surface area contributed by atoms with Crippen LogP contribution in [0.5, 0.6) is 0 Å². The van der Waals surface area contributed by atoms with E-state index >= 15 is 0 Å². The number of hydrogen-bond acceptors (Lipinski definition) is 3. The Labute approximate surface area is 102 Å². The monoisotopic (exact) mass is 243 g/mol. The summed E-state index contributed by atoms with van der Waals surface area (Å²) < 4.78 is 5.58. The fourth-order valence-corrected chi connectivity index (χ4v) is 2.29. The van der Waals surface area contributed by atoms with Crippen LogP contribution in [0.2, 0.25) is 0 Å². The fraction of sp³-hybridized carbons (Fsp3) is 0.833. The summed E-state index contributed by atoms with van der Waals surface area (Å²) in [5.74, 6) is -0.876. The number of carboxylic acids is 1. The summed E-state index contributed by atoms with van der Waals surface area (Å²) in [5, 5.41) is 8.58. The molecule has 1 amide bonds. The maximum Gasteiger partial charge on any atom is 0.305 e. The SMILES string of the molecule is CC1CC(C(=O)N(C)CCC(=O)O)CC(C)O1. The molecule has 1 fully saturated rings. The van der Waals surface area contributed by atoms with Gasteiger partial charge in [-0.3, -0.25) is 9.59 Å². The van der Waals surface area contributed by atoms with Crippen molar-refractivity contribution in [3.05, 3.63) is 0 Å². The van der Waals surface area contributed by atoms with E-state index in [0.29, 0.717) is 0 Å². The van der Waals surface area contributed by atoms with Crippen LogP contribution < -0.4 is 0 Å². The zero-order valence-electron chi connectivity index (χ0n) is 10.7. The summed E-state index contributed by atoms with van der Waals surface area (Å²) in [5.41, 5.74) is 0. The molecule has 17 heavy (non-hydrogen) atoms. The molecule has 1 heterocycles. The lowest BCUT2D eigenvalue weighted by Crippen LogP contribution is -2.40. The van der Waals surface area contributed by atoms with E-state index in [4.69, 9.17) is 9.84 Å². The second kappa shape index (κ2) is 6.00. The molecule has 2 unspecified atom stereocenters. The lowest BCUT2D eigenvalue weighted by molar-refractivity contribution is -0.143. The molecule has 0 aliphatic carbocycles. The average Bonchev–Trinajstić information content (AvgIpc) is 2.23. The number of hydrogen-bond donors (Lipinski definition) is 1. The van der Waals surface area contributed by atoms with Crippen LogP contribution in [0.25, 0.3) is 0 Å². The van der Waals surface area contributed by atoms with Crippen molar-refractivity contribution in [2.45, 2.75) is 45.3 Å². The molecule has 1 aliphatic rings. The van der Waals surface area contributed by atoms with Crippen molar-refractivity contribution in [3.63, 3.8) is 0 Å². The van der Waals surface area contributed by atoms with Crippen LogP contribution in [-0.2, 0) is 14.3 Å². The van der Waals surface area contributed by atoms with Gasteiger partial charge in [-0.05, 0) is 26.7 Å². The highest BCUT2D eigenvalue weighted by Crippen LogP contribution is 2.26. The van der Waals surface area contributed by atoms with Crippen LogP contribution in [0.4, 0.5) is 0 Å². The average molecular weight is 243 g/mol. The Kier molecular flexibility index (Phi) is 4.93. The number of carbonyl (C=O) groups is 2. The third-order valence-corrected chi connectivity index (χ3v) is 3.08. The van der Waals surface area contributed by atoms with E-state index in [1.165, 1.54) is 4.90 Å². The zero-order chi connectivity index (χ0) is 13.0. The van der Waals surface area contributed by atoms with Crippen molar-refractivity contribution in [1.82, 2.24) is 4.90 Å². The van der Waals surface area contributed by atoms with Gasteiger partial charge in [0.15, 0.2) is 0 Å². The molecule has 98 valence electrons. The first-order valence-corrected chi connectivity index (χ1v) is 6.02. The van der Waals surface area contributed by atoms with Crippen molar-refractivity contribution in [3.8, 4) is 0 Å². The molecule has 0 aromatic rings. The van der Waals surface area contributed by atoms with Gasteiger partial charge < -0.3 is 14.7 Å². The Morgan fingerprint density at radius 2 is 1.82 bits per heavy atom. The van der Waals surface area contributed by atoms with Crippen molar-refractivity contribution in [1.29, 1.82) is 0 Å². The normalized spacial score (nSPS) is 28.8. The number of ether oxygens (including phenoxy) is 1. The van der Waals surface area contributed by atoms with Gasteiger partial charge in [0.2, 0.25) is 5.91 Å². The van der Waals surface area contributed by atoms with E-state index in [9.17, 15) is 9.59 Å². The van der Waals surface area contributed by atoms with Crippen molar-refractivity contribution >= 4 is 11.9 Å². The van der Waals surface area contributed by atoms with Gasteiger partial charge in [-0.15, -0.1) is 0 Å². The number of amides is 1. The molecule has 1 rings (SSSR count). The molecule has 2 atom stereocenters. The Bertz CT molecular complexity index is 282. The number of aliphatic carboxylic acids is 1. The first-order chi connectivity index (χ1) is 7.90.